The number of carbonyl (C=O) groups is 3. The van der Waals surface area contributed by atoms with Crippen LogP contribution in [0.5, 0.6) is 0 Å². The fourth-order valence-electron chi connectivity index (χ4n) is 2.96. The van der Waals surface area contributed by atoms with E-state index in [9.17, 15) is 14.4 Å². The lowest BCUT2D eigenvalue weighted by Crippen LogP contribution is -2.44. The average Bonchev–Trinajstić information content (AvgIpc) is 2.77. The summed E-state index contributed by atoms with van der Waals surface area (Å²) in [4.78, 5) is 36.3. The normalized spacial score (nSPS) is 16.7. The van der Waals surface area contributed by atoms with Gasteiger partial charge in [0.2, 0.25) is 5.91 Å². The van der Waals surface area contributed by atoms with Crippen molar-refractivity contribution < 1.29 is 19.5 Å². The van der Waals surface area contributed by atoms with Crippen LogP contribution in [0, 0.1) is 5.41 Å². The minimum Gasteiger partial charge on any atom is -0.481 e. The molecule has 0 aromatic rings. The lowest BCUT2D eigenvalue weighted by Gasteiger charge is -2.27. The van der Waals surface area contributed by atoms with Gasteiger partial charge < -0.3 is 10.0 Å². The van der Waals surface area contributed by atoms with E-state index in [-0.39, 0.29) is 18.7 Å². The number of hydrogen-bond acceptors (Lipinski definition) is 3. The van der Waals surface area contributed by atoms with Gasteiger partial charge >= 0.3 is 12.0 Å². The van der Waals surface area contributed by atoms with Gasteiger partial charge in [0.15, 0.2) is 0 Å². The molecule has 3 amide bonds. The third-order valence-corrected chi connectivity index (χ3v) is 4.02. The van der Waals surface area contributed by atoms with Crippen LogP contribution in [0.4, 0.5) is 4.79 Å². The molecule has 6 heteroatoms. The summed E-state index contributed by atoms with van der Waals surface area (Å²) in [7, 11) is 0. The van der Waals surface area contributed by atoms with Gasteiger partial charge in [-0.25, -0.2) is 4.79 Å². The van der Waals surface area contributed by atoms with Crippen molar-refractivity contribution in [2.75, 3.05) is 13.1 Å². The molecule has 6 nitrogen and oxygen atoms in total. The molecular weight excluding hydrogens is 260 g/mol. The van der Waals surface area contributed by atoms with Crippen LogP contribution >= 0.6 is 0 Å². The summed E-state index contributed by atoms with van der Waals surface area (Å²) in [6.45, 7) is 4.76. The van der Waals surface area contributed by atoms with E-state index in [0.29, 0.717) is 13.1 Å². The molecular formula is C14H24N2O4. The Hall–Kier alpha value is -1.59. The highest BCUT2D eigenvalue weighted by Crippen LogP contribution is 2.43. The number of hydrogen-bond donors (Lipinski definition) is 2. The second-order valence-corrected chi connectivity index (χ2v) is 5.48. The van der Waals surface area contributed by atoms with Crippen LogP contribution in [0.15, 0.2) is 0 Å². The summed E-state index contributed by atoms with van der Waals surface area (Å²) in [5.41, 5.74) is -0.473. The van der Waals surface area contributed by atoms with Crippen molar-refractivity contribution in [1.29, 1.82) is 0 Å². The van der Waals surface area contributed by atoms with E-state index in [1.54, 1.807) is 0 Å². The number of aliphatic carboxylic acids is 1. The highest BCUT2D eigenvalue weighted by molar-refractivity contribution is 5.94. The first-order valence-electron chi connectivity index (χ1n) is 7.23. The van der Waals surface area contributed by atoms with Gasteiger partial charge in [0.05, 0.1) is 6.42 Å². The van der Waals surface area contributed by atoms with Crippen LogP contribution < -0.4 is 5.32 Å². The summed E-state index contributed by atoms with van der Waals surface area (Å²) < 4.78 is 0. The third-order valence-electron chi connectivity index (χ3n) is 4.02. The van der Waals surface area contributed by atoms with E-state index < -0.39 is 17.4 Å². The fraction of sp³-hybridized carbons (Fsp3) is 0.786. The van der Waals surface area contributed by atoms with Gasteiger partial charge in [0, 0.05) is 19.5 Å². The van der Waals surface area contributed by atoms with Gasteiger partial charge in [0.1, 0.15) is 0 Å². The maximum Gasteiger partial charge on any atom is 0.324 e. The SMILES string of the molecule is CCN(CC)C(=O)NC(=O)CC1(CC(=O)O)CCCC1. The van der Waals surface area contributed by atoms with Gasteiger partial charge in [-0.2, -0.15) is 0 Å². The van der Waals surface area contributed by atoms with E-state index >= 15 is 0 Å². The van der Waals surface area contributed by atoms with Crippen LogP contribution in [-0.4, -0.2) is 41.0 Å². The van der Waals surface area contributed by atoms with Crippen molar-refractivity contribution in [3.8, 4) is 0 Å². The van der Waals surface area contributed by atoms with Crippen molar-refractivity contribution in [3.63, 3.8) is 0 Å². The number of nitrogens with one attached hydrogen (secondary N) is 1. The summed E-state index contributed by atoms with van der Waals surface area (Å²) in [5.74, 6) is -1.25. The zero-order chi connectivity index (χ0) is 15.2. The minimum absolute atomic E-state index is 0.000119. The van der Waals surface area contributed by atoms with Crippen LogP contribution in [0.1, 0.15) is 52.4 Å². The first kappa shape index (κ1) is 16.5. The summed E-state index contributed by atoms with van der Waals surface area (Å²) >= 11 is 0. The van der Waals surface area contributed by atoms with Crippen LogP contribution in [0.2, 0.25) is 0 Å². The average molecular weight is 284 g/mol. The maximum absolute atomic E-state index is 12.0. The lowest BCUT2D eigenvalue weighted by molar-refractivity contribution is -0.140. The molecule has 1 aliphatic carbocycles. The van der Waals surface area contributed by atoms with Crippen molar-refractivity contribution in [2.24, 2.45) is 5.41 Å². The zero-order valence-electron chi connectivity index (χ0n) is 12.3. The van der Waals surface area contributed by atoms with Crippen LogP contribution in [-0.2, 0) is 9.59 Å². The monoisotopic (exact) mass is 284 g/mol. The highest BCUT2D eigenvalue weighted by atomic mass is 16.4. The molecule has 0 unspecified atom stereocenters. The lowest BCUT2D eigenvalue weighted by atomic mass is 9.79. The molecule has 0 bridgehead atoms. The first-order valence-corrected chi connectivity index (χ1v) is 7.23. The fourth-order valence-corrected chi connectivity index (χ4v) is 2.96. The molecule has 1 aliphatic rings. The van der Waals surface area contributed by atoms with Gasteiger partial charge in [-0.15, -0.1) is 0 Å². The molecule has 0 saturated heterocycles. The quantitative estimate of drug-likeness (QED) is 0.781. The molecule has 0 radical (unpaired) electrons. The van der Waals surface area contributed by atoms with Crippen LogP contribution in [0.25, 0.3) is 0 Å². The van der Waals surface area contributed by atoms with E-state index in [0.717, 1.165) is 25.7 Å². The molecule has 0 aromatic heterocycles. The van der Waals surface area contributed by atoms with Crippen molar-refractivity contribution in [2.45, 2.75) is 52.4 Å². The Morgan fingerprint density at radius 3 is 2.10 bits per heavy atom. The molecule has 114 valence electrons. The number of imide groups is 1. The molecule has 0 aliphatic heterocycles. The third kappa shape index (κ3) is 4.51. The molecule has 1 saturated carbocycles. The molecule has 2 N–H and O–H groups in total. The smallest absolute Gasteiger partial charge is 0.324 e. The van der Waals surface area contributed by atoms with E-state index in [1.165, 1.54) is 4.90 Å². The maximum atomic E-state index is 12.0. The highest BCUT2D eigenvalue weighted by Gasteiger charge is 2.38. The predicted octanol–water partition coefficient (Wildman–Crippen LogP) is 1.99. The van der Waals surface area contributed by atoms with Gasteiger partial charge in [-0.05, 0) is 32.1 Å². The number of carboxylic acids is 1. The Balaban J connectivity index is 2.59. The zero-order valence-corrected chi connectivity index (χ0v) is 12.3. The second-order valence-electron chi connectivity index (χ2n) is 5.48. The Bertz CT molecular complexity index is 371. The predicted molar refractivity (Wildman–Crippen MR) is 74.2 cm³/mol. The Kier molecular flexibility index (Phi) is 5.98. The molecule has 0 spiro atoms. The number of amides is 3. The number of carbonyl (C=O) groups excluding carboxylic acids is 2. The van der Waals surface area contributed by atoms with Gasteiger partial charge in [-0.3, -0.25) is 14.9 Å². The van der Waals surface area contributed by atoms with E-state index in [1.807, 2.05) is 13.8 Å². The molecule has 1 fully saturated rings. The van der Waals surface area contributed by atoms with Crippen molar-refractivity contribution in [3.05, 3.63) is 0 Å². The molecule has 1 rings (SSSR count). The summed E-state index contributed by atoms with van der Waals surface area (Å²) in [6, 6.07) is -0.400. The summed E-state index contributed by atoms with van der Waals surface area (Å²) in [5, 5.41) is 11.4. The standard InChI is InChI=1S/C14H24N2O4/c1-3-16(4-2)13(20)15-11(17)9-14(10-12(18)19)7-5-6-8-14/h3-10H2,1-2H3,(H,18,19)(H,15,17,20). The topological polar surface area (TPSA) is 86.7 Å². The van der Waals surface area contributed by atoms with E-state index in [4.69, 9.17) is 5.11 Å². The number of carboxylic acid groups (broad SMARTS) is 1. The summed E-state index contributed by atoms with van der Waals surface area (Å²) in [6.07, 6.45) is 3.50. The second kappa shape index (κ2) is 7.26. The molecule has 20 heavy (non-hydrogen) atoms. The Morgan fingerprint density at radius 1 is 1.10 bits per heavy atom. The molecule has 0 heterocycles. The molecule has 0 atom stereocenters. The van der Waals surface area contributed by atoms with Gasteiger partial charge in [-0.1, -0.05) is 12.8 Å². The van der Waals surface area contributed by atoms with Crippen molar-refractivity contribution >= 4 is 17.9 Å². The number of nitrogens with zero attached hydrogens (tertiary/aromatic N) is 1. The largest absolute Gasteiger partial charge is 0.481 e. The number of urea groups is 1. The molecule has 0 aromatic carbocycles. The minimum atomic E-state index is -0.880. The first-order chi connectivity index (χ1) is 9.42. The van der Waals surface area contributed by atoms with Gasteiger partial charge in [0.25, 0.3) is 0 Å². The van der Waals surface area contributed by atoms with E-state index in [2.05, 4.69) is 5.32 Å². The van der Waals surface area contributed by atoms with Crippen molar-refractivity contribution in [1.82, 2.24) is 10.2 Å². The van der Waals surface area contributed by atoms with Crippen LogP contribution in [0.3, 0.4) is 0 Å². The number of rotatable bonds is 6. The Morgan fingerprint density at radius 2 is 1.65 bits per heavy atom. The Labute approximate surface area is 119 Å².